The van der Waals surface area contributed by atoms with Crippen molar-refractivity contribution in [2.45, 2.75) is 12.6 Å². The summed E-state index contributed by atoms with van der Waals surface area (Å²) >= 11 is 0. The fourth-order valence-corrected chi connectivity index (χ4v) is 0.939. The van der Waals surface area contributed by atoms with Crippen LogP contribution in [0.5, 0.6) is 0 Å². The minimum Gasteiger partial charge on any atom is -0.335 e. The van der Waals surface area contributed by atoms with Gasteiger partial charge in [0.05, 0.1) is 6.42 Å². The van der Waals surface area contributed by atoms with E-state index in [4.69, 9.17) is 0 Å². The Balaban J connectivity index is 2.29. The average Bonchev–Trinajstić information content (AvgIpc) is 2.29. The molecule has 2 nitrogen and oxygen atoms in total. The first-order valence-corrected chi connectivity index (χ1v) is 3.51. The molecule has 0 bridgehead atoms. The highest BCUT2D eigenvalue weighted by molar-refractivity contribution is 5.89. The Hall–Kier alpha value is -1.00. The Bertz CT molecular complexity index is 209. The molecule has 1 amide bonds. The minimum atomic E-state index is -4.18. The van der Waals surface area contributed by atoms with E-state index >= 15 is 0 Å². The van der Waals surface area contributed by atoms with Crippen LogP contribution in [0.3, 0.4) is 0 Å². The fraction of sp³-hybridized carbons (Fsp3) is 0.571. The lowest BCUT2D eigenvalue weighted by Crippen LogP contribution is -2.29. The molecule has 0 aromatic carbocycles. The molecule has 0 fully saturated rings. The Morgan fingerprint density at radius 2 is 2.17 bits per heavy atom. The largest absolute Gasteiger partial charge is 0.390 e. The van der Waals surface area contributed by atoms with Gasteiger partial charge in [-0.25, -0.2) is 0 Å². The lowest BCUT2D eigenvalue weighted by atomic mass is 10.4. The van der Waals surface area contributed by atoms with Crippen LogP contribution in [0.15, 0.2) is 12.2 Å². The van der Waals surface area contributed by atoms with Crippen molar-refractivity contribution in [3.05, 3.63) is 12.2 Å². The molecule has 0 unspecified atom stereocenters. The number of rotatable bonds is 2. The molecule has 0 radical (unpaired) electrons. The zero-order chi connectivity index (χ0) is 9.19. The van der Waals surface area contributed by atoms with Gasteiger partial charge in [-0.1, -0.05) is 6.08 Å². The van der Waals surface area contributed by atoms with E-state index in [1.807, 2.05) is 0 Å². The fourth-order valence-electron chi connectivity index (χ4n) is 0.939. The lowest BCUT2D eigenvalue weighted by molar-refractivity contribution is -0.142. The number of carbonyl (C=O) groups is 1. The summed E-state index contributed by atoms with van der Waals surface area (Å²) in [4.78, 5) is 11.9. The predicted octanol–water partition coefficient (Wildman–Crippen LogP) is 1.34. The second-order valence-corrected chi connectivity index (χ2v) is 2.55. The van der Waals surface area contributed by atoms with Gasteiger partial charge in [0.15, 0.2) is 0 Å². The van der Waals surface area contributed by atoms with Crippen LogP contribution in [-0.4, -0.2) is 30.1 Å². The van der Waals surface area contributed by atoms with Crippen molar-refractivity contribution in [2.24, 2.45) is 0 Å². The van der Waals surface area contributed by atoms with Gasteiger partial charge in [0.1, 0.15) is 0 Å². The Labute approximate surface area is 67.7 Å². The third-order valence-corrected chi connectivity index (χ3v) is 1.56. The summed E-state index contributed by atoms with van der Waals surface area (Å²) in [6.07, 6.45) is -2.27. The summed E-state index contributed by atoms with van der Waals surface area (Å²) in [5, 5.41) is 0. The van der Waals surface area contributed by atoms with Crippen molar-refractivity contribution in [1.29, 1.82) is 0 Å². The molecule has 0 N–H and O–H groups in total. The van der Waals surface area contributed by atoms with Gasteiger partial charge in [-0.3, -0.25) is 4.79 Å². The second-order valence-electron chi connectivity index (χ2n) is 2.55. The third kappa shape index (κ3) is 2.56. The summed E-state index contributed by atoms with van der Waals surface area (Å²) in [5.41, 5.74) is 0. The maximum Gasteiger partial charge on any atom is 0.390 e. The van der Waals surface area contributed by atoms with E-state index < -0.39 is 12.6 Å². The molecule has 0 aromatic rings. The number of nitrogens with zero attached hydrogens (tertiary/aromatic N) is 1. The molecule has 0 atom stereocenters. The second kappa shape index (κ2) is 3.16. The molecule has 0 saturated carbocycles. The first-order valence-electron chi connectivity index (χ1n) is 3.51. The molecule has 1 rings (SSSR count). The summed E-state index contributed by atoms with van der Waals surface area (Å²) in [5.74, 6) is -0.334. The lowest BCUT2D eigenvalue weighted by Gasteiger charge is -2.16. The standard InChI is InChI=1S/C7H8F3NO/c8-7(9,10)3-5-11-4-1-2-6(11)12/h1-2H,3-5H2. The average molecular weight is 179 g/mol. The molecule has 68 valence electrons. The maximum absolute atomic E-state index is 11.7. The number of alkyl halides is 3. The van der Waals surface area contributed by atoms with Gasteiger partial charge in [-0.2, -0.15) is 13.2 Å². The van der Waals surface area contributed by atoms with Crippen LogP contribution >= 0.6 is 0 Å². The van der Waals surface area contributed by atoms with Crippen LogP contribution in [0.25, 0.3) is 0 Å². The summed E-state index contributed by atoms with van der Waals surface area (Å²) in [7, 11) is 0. The van der Waals surface area contributed by atoms with E-state index in [0.717, 1.165) is 4.90 Å². The molecule has 1 aliphatic rings. The first-order chi connectivity index (χ1) is 5.49. The van der Waals surface area contributed by atoms with Crippen molar-refractivity contribution in [1.82, 2.24) is 4.90 Å². The topological polar surface area (TPSA) is 20.3 Å². The monoisotopic (exact) mass is 179 g/mol. The number of hydrogen-bond acceptors (Lipinski definition) is 1. The van der Waals surface area contributed by atoms with Crippen LogP contribution in [0.1, 0.15) is 6.42 Å². The van der Waals surface area contributed by atoms with E-state index in [0.29, 0.717) is 6.54 Å². The molecule has 1 aliphatic heterocycles. The normalized spacial score (nSPS) is 17.6. The predicted molar refractivity (Wildman–Crippen MR) is 36.4 cm³/mol. The summed E-state index contributed by atoms with van der Waals surface area (Å²) in [6, 6.07) is 0. The van der Waals surface area contributed by atoms with Crippen molar-refractivity contribution >= 4 is 5.91 Å². The van der Waals surface area contributed by atoms with Gasteiger partial charge in [-0.05, 0) is 0 Å². The number of amides is 1. The van der Waals surface area contributed by atoms with Crippen LogP contribution in [0, 0.1) is 0 Å². The molecule has 0 spiro atoms. The molecule has 12 heavy (non-hydrogen) atoms. The van der Waals surface area contributed by atoms with Gasteiger partial charge in [0.25, 0.3) is 0 Å². The van der Waals surface area contributed by atoms with Gasteiger partial charge in [0.2, 0.25) is 5.91 Å². The molecule has 0 saturated heterocycles. The van der Waals surface area contributed by atoms with E-state index in [1.165, 1.54) is 6.08 Å². The van der Waals surface area contributed by atoms with Gasteiger partial charge in [0, 0.05) is 19.2 Å². The van der Waals surface area contributed by atoms with Crippen molar-refractivity contribution < 1.29 is 18.0 Å². The van der Waals surface area contributed by atoms with Crippen LogP contribution in [-0.2, 0) is 4.79 Å². The van der Waals surface area contributed by atoms with Gasteiger partial charge < -0.3 is 4.90 Å². The Kier molecular flexibility index (Phi) is 2.40. The minimum absolute atomic E-state index is 0.241. The zero-order valence-electron chi connectivity index (χ0n) is 6.27. The van der Waals surface area contributed by atoms with Gasteiger partial charge in [-0.15, -0.1) is 0 Å². The molecule has 5 heteroatoms. The molecular formula is C7H8F3NO. The van der Waals surface area contributed by atoms with Crippen molar-refractivity contribution in [2.75, 3.05) is 13.1 Å². The zero-order valence-corrected chi connectivity index (χ0v) is 6.27. The Morgan fingerprint density at radius 1 is 1.50 bits per heavy atom. The molecule has 0 aliphatic carbocycles. The van der Waals surface area contributed by atoms with E-state index in [1.54, 1.807) is 6.08 Å². The highest BCUT2D eigenvalue weighted by Crippen LogP contribution is 2.20. The maximum atomic E-state index is 11.7. The van der Waals surface area contributed by atoms with E-state index in [9.17, 15) is 18.0 Å². The number of halogens is 3. The van der Waals surface area contributed by atoms with Gasteiger partial charge >= 0.3 is 6.18 Å². The smallest absolute Gasteiger partial charge is 0.335 e. The molecule has 1 heterocycles. The van der Waals surface area contributed by atoms with Crippen LogP contribution in [0.4, 0.5) is 13.2 Å². The van der Waals surface area contributed by atoms with Crippen LogP contribution < -0.4 is 0 Å². The first kappa shape index (κ1) is 9.09. The van der Waals surface area contributed by atoms with E-state index in [-0.39, 0.29) is 12.5 Å². The Morgan fingerprint density at radius 3 is 2.58 bits per heavy atom. The molecular weight excluding hydrogens is 171 g/mol. The highest BCUT2D eigenvalue weighted by Gasteiger charge is 2.29. The number of carbonyl (C=O) groups excluding carboxylic acids is 1. The highest BCUT2D eigenvalue weighted by atomic mass is 19.4. The van der Waals surface area contributed by atoms with Crippen molar-refractivity contribution in [3.8, 4) is 0 Å². The third-order valence-electron chi connectivity index (χ3n) is 1.56. The summed E-state index contributed by atoms with van der Waals surface area (Å²) in [6.45, 7) is 0.0598. The van der Waals surface area contributed by atoms with Crippen LogP contribution in [0.2, 0.25) is 0 Å². The van der Waals surface area contributed by atoms with E-state index in [2.05, 4.69) is 0 Å². The molecule has 0 aromatic heterocycles. The SMILES string of the molecule is O=C1C=CCN1CCC(F)(F)F. The number of hydrogen-bond donors (Lipinski definition) is 0. The summed E-state index contributed by atoms with van der Waals surface area (Å²) < 4.78 is 35.0. The van der Waals surface area contributed by atoms with Crippen molar-refractivity contribution in [3.63, 3.8) is 0 Å². The quantitative estimate of drug-likeness (QED) is 0.626.